The first kappa shape index (κ1) is 8.82. The van der Waals surface area contributed by atoms with Crippen LogP contribution in [0.1, 0.15) is 30.9 Å². The van der Waals surface area contributed by atoms with Crippen molar-refractivity contribution in [3.8, 4) is 6.07 Å². The molecule has 0 saturated carbocycles. The maximum atomic E-state index is 8.39. The number of nitriles is 1. The summed E-state index contributed by atoms with van der Waals surface area (Å²) < 4.78 is 5.37. The van der Waals surface area contributed by atoms with Gasteiger partial charge in [0, 0.05) is 6.42 Å². The molecule has 0 aliphatic heterocycles. The molecule has 1 atom stereocenters. The van der Waals surface area contributed by atoms with Crippen molar-refractivity contribution in [2.24, 2.45) is 5.73 Å². The summed E-state index contributed by atoms with van der Waals surface area (Å²) in [6.45, 7) is 2.01. The highest BCUT2D eigenvalue weighted by molar-refractivity contribution is 5.11. The molecular formula is C9H12N2O. The molecule has 1 unspecified atom stereocenters. The largest absolute Gasteiger partial charge is 0.464 e. The molecule has 1 aromatic rings. The van der Waals surface area contributed by atoms with Crippen LogP contribution in [0.5, 0.6) is 0 Å². The molecule has 12 heavy (non-hydrogen) atoms. The second kappa shape index (κ2) is 3.93. The number of nitrogens with two attached hydrogens (primary N) is 1. The lowest BCUT2D eigenvalue weighted by molar-refractivity contribution is 0.438. The second-order valence-corrected chi connectivity index (χ2v) is 2.63. The highest BCUT2D eigenvalue weighted by Crippen LogP contribution is 2.16. The maximum absolute atomic E-state index is 8.39. The van der Waals surface area contributed by atoms with Gasteiger partial charge in [0.1, 0.15) is 11.5 Å². The Morgan fingerprint density at radius 1 is 1.67 bits per heavy atom. The molecule has 0 aromatic carbocycles. The van der Waals surface area contributed by atoms with Gasteiger partial charge in [-0.2, -0.15) is 5.26 Å². The van der Waals surface area contributed by atoms with E-state index in [-0.39, 0.29) is 6.04 Å². The van der Waals surface area contributed by atoms with Gasteiger partial charge in [-0.25, -0.2) is 0 Å². The molecule has 3 nitrogen and oxygen atoms in total. The average Bonchev–Trinajstić information content (AvgIpc) is 2.52. The SMILES string of the molecule is CCc1ccc(C(N)CC#N)o1. The zero-order valence-corrected chi connectivity index (χ0v) is 7.08. The number of aryl methyl sites for hydroxylation is 1. The van der Waals surface area contributed by atoms with E-state index in [1.54, 1.807) is 0 Å². The number of hydrogen-bond acceptors (Lipinski definition) is 3. The fraction of sp³-hybridized carbons (Fsp3) is 0.444. The van der Waals surface area contributed by atoms with Crippen LogP contribution < -0.4 is 5.73 Å². The first-order valence-corrected chi connectivity index (χ1v) is 3.99. The molecule has 0 spiro atoms. The van der Waals surface area contributed by atoms with Gasteiger partial charge in [0.15, 0.2) is 0 Å². The molecule has 3 heteroatoms. The summed E-state index contributed by atoms with van der Waals surface area (Å²) in [5, 5.41) is 8.39. The predicted molar refractivity (Wildman–Crippen MR) is 45.2 cm³/mol. The molecule has 2 N–H and O–H groups in total. The molecule has 0 radical (unpaired) electrons. The Morgan fingerprint density at radius 2 is 2.42 bits per heavy atom. The molecule has 0 saturated heterocycles. The van der Waals surface area contributed by atoms with Crippen LogP contribution in [-0.4, -0.2) is 0 Å². The van der Waals surface area contributed by atoms with E-state index in [1.165, 1.54) is 0 Å². The number of nitrogens with zero attached hydrogens (tertiary/aromatic N) is 1. The zero-order valence-electron chi connectivity index (χ0n) is 7.08. The Hall–Kier alpha value is -1.27. The van der Waals surface area contributed by atoms with Crippen LogP contribution in [0.2, 0.25) is 0 Å². The smallest absolute Gasteiger partial charge is 0.121 e. The van der Waals surface area contributed by atoms with Crippen LogP contribution in [0, 0.1) is 11.3 Å². The van der Waals surface area contributed by atoms with E-state index in [9.17, 15) is 0 Å². The molecule has 0 amide bonds. The molecule has 1 heterocycles. The van der Waals surface area contributed by atoms with E-state index < -0.39 is 0 Å². The first-order chi connectivity index (χ1) is 5.77. The van der Waals surface area contributed by atoms with Gasteiger partial charge in [0.25, 0.3) is 0 Å². The van der Waals surface area contributed by atoms with Gasteiger partial charge >= 0.3 is 0 Å². The van der Waals surface area contributed by atoms with Crippen molar-refractivity contribution in [1.29, 1.82) is 5.26 Å². The van der Waals surface area contributed by atoms with Crippen molar-refractivity contribution in [3.63, 3.8) is 0 Å². The minimum atomic E-state index is -0.282. The Morgan fingerprint density at radius 3 is 2.92 bits per heavy atom. The minimum absolute atomic E-state index is 0.282. The number of hydrogen-bond donors (Lipinski definition) is 1. The molecule has 1 rings (SSSR count). The van der Waals surface area contributed by atoms with Crippen molar-refractivity contribution in [3.05, 3.63) is 23.7 Å². The lowest BCUT2D eigenvalue weighted by Gasteiger charge is -2.01. The van der Waals surface area contributed by atoms with E-state index in [4.69, 9.17) is 15.4 Å². The summed E-state index contributed by atoms with van der Waals surface area (Å²) in [6, 6.07) is 5.46. The van der Waals surface area contributed by atoms with Crippen molar-refractivity contribution in [2.75, 3.05) is 0 Å². The highest BCUT2D eigenvalue weighted by Gasteiger charge is 2.09. The Labute approximate surface area is 71.8 Å². The summed E-state index contributed by atoms with van der Waals surface area (Å²) in [5.74, 6) is 1.62. The van der Waals surface area contributed by atoms with E-state index in [2.05, 4.69) is 0 Å². The van der Waals surface area contributed by atoms with Gasteiger partial charge in [-0.05, 0) is 12.1 Å². The maximum Gasteiger partial charge on any atom is 0.121 e. The molecule has 0 aliphatic rings. The van der Waals surface area contributed by atoms with Crippen LogP contribution in [0.25, 0.3) is 0 Å². The lowest BCUT2D eigenvalue weighted by Crippen LogP contribution is -2.07. The summed E-state index contributed by atoms with van der Waals surface area (Å²) in [6.07, 6.45) is 1.16. The Balaban J connectivity index is 2.69. The van der Waals surface area contributed by atoms with Gasteiger partial charge in [-0.1, -0.05) is 6.92 Å². The van der Waals surface area contributed by atoms with Crippen LogP contribution in [0.15, 0.2) is 16.5 Å². The second-order valence-electron chi connectivity index (χ2n) is 2.63. The van der Waals surface area contributed by atoms with Crippen LogP contribution in [-0.2, 0) is 6.42 Å². The third-order valence-corrected chi connectivity index (χ3v) is 1.71. The highest BCUT2D eigenvalue weighted by atomic mass is 16.3. The summed E-state index contributed by atoms with van der Waals surface area (Å²) in [4.78, 5) is 0. The zero-order chi connectivity index (χ0) is 8.97. The van der Waals surface area contributed by atoms with Crippen molar-refractivity contribution < 1.29 is 4.42 Å². The van der Waals surface area contributed by atoms with E-state index in [0.717, 1.165) is 12.2 Å². The van der Waals surface area contributed by atoms with Crippen LogP contribution in [0.4, 0.5) is 0 Å². The van der Waals surface area contributed by atoms with Gasteiger partial charge in [-0.15, -0.1) is 0 Å². The standard InChI is InChI=1S/C9H12N2O/c1-2-7-3-4-9(12-7)8(11)5-6-10/h3-4,8H,2,5,11H2,1H3. The fourth-order valence-corrected chi connectivity index (χ4v) is 0.983. The molecule has 0 bridgehead atoms. The third kappa shape index (κ3) is 1.86. The Kier molecular flexibility index (Phi) is 2.89. The topological polar surface area (TPSA) is 63.0 Å². The van der Waals surface area contributed by atoms with Gasteiger partial charge in [-0.3, -0.25) is 0 Å². The monoisotopic (exact) mass is 164 g/mol. The van der Waals surface area contributed by atoms with Gasteiger partial charge in [0.2, 0.25) is 0 Å². The summed E-state index contributed by atoms with van der Waals surface area (Å²) in [7, 11) is 0. The Bertz CT molecular complexity index is 285. The molecule has 0 aliphatic carbocycles. The van der Waals surface area contributed by atoms with E-state index >= 15 is 0 Å². The van der Waals surface area contributed by atoms with Crippen molar-refractivity contribution in [1.82, 2.24) is 0 Å². The van der Waals surface area contributed by atoms with Crippen molar-refractivity contribution >= 4 is 0 Å². The lowest BCUT2D eigenvalue weighted by atomic mass is 10.2. The number of furan rings is 1. The van der Waals surface area contributed by atoms with E-state index in [0.29, 0.717) is 12.2 Å². The van der Waals surface area contributed by atoms with Gasteiger partial charge in [0.05, 0.1) is 18.5 Å². The normalized spacial score (nSPS) is 12.4. The summed E-state index contributed by atoms with van der Waals surface area (Å²) in [5.41, 5.74) is 5.66. The quantitative estimate of drug-likeness (QED) is 0.740. The number of rotatable bonds is 3. The molecular weight excluding hydrogens is 152 g/mol. The molecule has 64 valence electrons. The first-order valence-electron chi connectivity index (χ1n) is 3.99. The minimum Gasteiger partial charge on any atom is -0.464 e. The van der Waals surface area contributed by atoms with Crippen LogP contribution in [0.3, 0.4) is 0 Å². The van der Waals surface area contributed by atoms with Crippen LogP contribution >= 0.6 is 0 Å². The van der Waals surface area contributed by atoms with Gasteiger partial charge < -0.3 is 10.2 Å². The third-order valence-electron chi connectivity index (χ3n) is 1.71. The molecule has 0 fully saturated rings. The van der Waals surface area contributed by atoms with E-state index in [1.807, 2.05) is 25.1 Å². The predicted octanol–water partition coefficient (Wildman–Crippen LogP) is 1.76. The summed E-state index contributed by atoms with van der Waals surface area (Å²) >= 11 is 0. The fourth-order valence-electron chi connectivity index (χ4n) is 0.983. The average molecular weight is 164 g/mol. The molecule has 1 aromatic heterocycles. The van der Waals surface area contributed by atoms with Crippen molar-refractivity contribution in [2.45, 2.75) is 25.8 Å².